The maximum Gasteiger partial charge on any atom is 0.319 e. The van der Waals surface area contributed by atoms with Gasteiger partial charge < -0.3 is 42.9 Å². The fourth-order valence-corrected chi connectivity index (χ4v) is 4.72. The SMILES string of the molecule is CC(C)(C)NC(=O)Nc1c(OCCCN)cccc1C1CC1.CC(C)(C)c1ncc(-c2ccc(CNCCCN=C(N)N)cc2)c(=O)[nH]1. The van der Waals surface area contributed by atoms with Gasteiger partial charge in [-0.25, -0.2) is 9.78 Å². The minimum Gasteiger partial charge on any atom is -0.491 e. The number of anilines is 1. The van der Waals surface area contributed by atoms with E-state index in [1.807, 2.05) is 77.9 Å². The summed E-state index contributed by atoms with van der Waals surface area (Å²) in [5, 5.41) is 9.24. The molecule has 1 aliphatic rings. The fourth-order valence-electron chi connectivity index (χ4n) is 4.72. The molecule has 0 bridgehead atoms. The highest BCUT2D eigenvalue weighted by Crippen LogP contribution is 2.46. The van der Waals surface area contributed by atoms with Crippen LogP contribution in [0.15, 0.2) is 58.4 Å². The van der Waals surface area contributed by atoms with E-state index in [4.69, 9.17) is 21.9 Å². The highest BCUT2D eigenvalue weighted by Gasteiger charge is 2.28. The Morgan fingerprint density at radius 2 is 1.75 bits per heavy atom. The molecule has 0 spiro atoms. The number of nitrogens with one attached hydrogen (secondary N) is 4. The molecular weight excluding hydrogens is 606 g/mol. The third kappa shape index (κ3) is 13.0. The molecule has 12 heteroatoms. The summed E-state index contributed by atoms with van der Waals surface area (Å²) < 4.78 is 5.80. The zero-order valence-corrected chi connectivity index (χ0v) is 29.4. The van der Waals surface area contributed by atoms with Gasteiger partial charge in [0.25, 0.3) is 5.56 Å². The van der Waals surface area contributed by atoms with Gasteiger partial charge in [0, 0.05) is 30.2 Å². The number of ether oxygens (including phenoxy) is 1. The van der Waals surface area contributed by atoms with Gasteiger partial charge in [-0.15, -0.1) is 0 Å². The van der Waals surface area contributed by atoms with Crippen molar-refractivity contribution < 1.29 is 9.53 Å². The molecule has 1 saturated carbocycles. The molecule has 2 aromatic carbocycles. The molecule has 0 unspecified atom stereocenters. The molecule has 48 heavy (non-hydrogen) atoms. The number of para-hydroxylation sites is 1. The van der Waals surface area contributed by atoms with Crippen LogP contribution in [0.2, 0.25) is 0 Å². The molecule has 12 nitrogen and oxygen atoms in total. The second-order valence-corrected chi connectivity index (χ2v) is 14.1. The molecular formula is C36H55N9O3. The van der Waals surface area contributed by atoms with Crippen molar-refractivity contribution in [1.29, 1.82) is 0 Å². The van der Waals surface area contributed by atoms with E-state index in [9.17, 15) is 9.59 Å². The fraction of sp³-hybridized carbons (Fsp3) is 0.500. The van der Waals surface area contributed by atoms with Crippen LogP contribution in [0, 0.1) is 0 Å². The topological polar surface area (TPSA) is 199 Å². The highest BCUT2D eigenvalue weighted by molar-refractivity contribution is 5.92. The van der Waals surface area contributed by atoms with Crippen LogP contribution in [0.4, 0.5) is 10.5 Å². The van der Waals surface area contributed by atoms with Crippen molar-refractivity contribution in [3.8, 4) is 16.9 Å². The quantitative estimate of drug-likeness (QED) is 0.0777. The van der Waals surface area contributed by atoms with Crippen LogP contribution < -0.4 is 43.4 Å². The Balaban J connectivity index is 0.000000264. The van der Waals surface area contributed by atoms with Crippen molar-refractivity contribution in [2.45, 2.75) is 90.6 Å². The molecule has 3 aromatic rings. The number of H-pyrrole nitrogens is 1. The summed E-state index contributed by atoms with van der Waals surface area (Å²) in [4.78, 5) is 35.8. The number of carbonyl (C=O) groups is 1. The lowest BCUT2D eigenvalue weighted by Crippen LogP contribution is -2.43. The number of nitrogens with zero attached hydrogens (tertiary/aromatic N) is 2. The molecule has 1 aliphatic carbocycles. The lowest BCUT2D eigenvalue weighted by molar-refractivity contribution is 0.243. The van der Waals surface area contributed by atoms with E-state index in [2.05, 4.69) is 37.0 Å². The van der Waals surface area contributed by atoms with Crippen molar-refractivity contribution in [3.05, 3.63) is 76.0 Å². The molecule has 1 heterocycles. The van der Waals surface area contributed by atoms with E-state index in [1.165, 1.54) is 12.8 Å². The number of hydrogen-bond acceptors (Lipinski definition) is 7. The molecule has 1 fully saturated rings. The number of aromatic nitrogens is 2. The van der Waals surface area contributed by atoms with Crippen molar-refractivity contribution >= 4 is 17.7 Å². The third-order valence-corrected chi connectivity index (χ3v) is 7.32. The number of aromatic amines is 1. The zero-order chi connectivity index (χ0) is 35.3. The Kier molecular flexibility index (Phi) is 14.0. The van der Waals surface area contributed by atoms with Crippen LogP contribution in [0.5, 0.6) is 5.75 Å². The summed E-state index contributed by atoms with van der Waals surface area (Å²) in [6.07, 6.45) is 5.65. The van der Waals surface area contributed by atoms with Crippen molar-refractivity contribution in [2.24, 2.45) is 22.2 Å². The molecule has 262 valence electrons. The Hall–Kier alpha value is -4.42. The number of rotatable bonds is 13. The Morgan fingerprint density at radius 3 is 2.33 bits per heavy atom. The summed E-state index contributed by atoms with van der Waals surface area (Å²) in [6, 6.07) is 13.7. The van der Waals surface area contributed by atoms with Gasteiger partial charge in [0.15, 0.2) is 5.96 Å². The van der Waals surface area contributed by atoms with E-state index in [-0.39, 0.29) is 28.5 Å². The molecule has 0 saturated heterocycles. The van der Waals surface area contributed by atoms with Crippen LogP contribution in [-0.2, 0) is 12.0 Å². The van der Waals surface area contributed by atoms with E-state index >= 15 is 0 Å². The Bertz CT molecular complexity index is 1550. The Labute approximate surface area is 284 Å². The number of aliphatic imine (C=N–C) groups is 1. The first-order chi connectivity index (χ1) is 22.7. The number of guanidine groups is 1. The molecule has 0 aliphatic heterocycles. The Morgan fingerprint density at radius 1 is 1.04 bits per heavy atom. The summed E-state index contributed by atoms with van der Waals surface area (Å²) in [5.41, 5.74) is 20.0. The predicted octanol–water partition coefficient (Wildman–Crippen LogP) is 4.70. The lowest BCUT2D eigenvalue weighted by atomic mass is 9.95. The molecule has 0 atom stereocenters. The lowest BCUT2D eigenvalue weighted by Gasteiger charge is -2.22. The summed E-state index contributed by atoms with van der Waals surface area (Å²) >= 11 is 0. The number of carbonyl (C=O) groups excluding carboxylic acids is 1. The van der Waals surface area contributed by atoms with E-state index in [1.54, 1.807) is 6.20 Å². The normalized spacial score (nSPS) is 12.8. The molecule has 0 radical (unpaired) electrons. The van der Waals surface area contributed by atoms with Gasteiger partial charge in [0.05, 0.1) is 17.9 Å². The number of hydrogen-bond donors (Lipinski definition) is 7. The predicted molar refractivity (Wildman–Crippen MR) is 195 cm³/mol. The van der Waals surface area contributed by atoms with Gasteiger partial charge in [0.2, 0.25) is 0 Å². The van der Waals surface area contributed by atoms with Gasteiger partial charge in [-0.3, -0.25) is 9.79 Å². The molecule has 1 aromatic heterocycles. The smallest absolute Gasteiger partial charge is 0.319 e. The maximum atomic E-state index is 12.4. The first-order valence-corrected chi connectivity index (χ1v) is 16.7. The van der Waals surface area contributed by atoms with Crippen LogP contribution in [0.25, 0.3) is 11.1 Å². The standard InChI is InChI=1S/C19H28N6O.C17H27N3O2/c1-19(2,3)17-24-12-15(16(26)25-17)14-7-5-13(6-8-14)11-22-9-4-10-23-18(20)21;1-17(2,3)20-16(21)19-15-13(12-8-9-12)6-4-7-14(15)22-11-5-10-18/h5-8,12,22H,4,9-11H2,1-3H3,(H4,20,21,23)(H,24,25,26);4,6-7,12H,5,8-11,18H2,1-3H3,(H2,19,20,21). The van der Waals surface area contributed by atoms with Crippen molar-refractivity contribution in [2.75, 3.05) is 31.6 Å². The number of amides is 2. The van der Waals surface area contributed by atoms with E-state index in [0.29, 0.717) is 37.0 Å². The van der Waals surface area contributed by atoms with Gasteiger partial charge in [-0.1, -0.05) is 57.2 Å². The van der Waals surface area contributed by atoms with Crippen LogP contribution >= 0.6 is 0 Å². The monoisotopic (exact) mass is 661 g/mol. The van der Waals surface area contributed by atoms with Crippen LogP contribution in [-0.4, -0.2) is 53.7 Å². The molecule has 4 rings (SSSR count). The van der Waals surface area contributed by atoms with Crippen LogP contribution in [0.3, 0.4) is 0 Å². The second-order valence-electron chi connectivity index (χ2n) is 14.1. The maximum absolute atomic E-state index is 12.4. The van der Waals surface area contributed by atoms with Crippen LogP contribution in [0.1, 0.15) is 90.1 Å². The van der Waals surface area contributed by atoms with Crippen molar-refractivity contribution in [1.82, 2.24) is 20.6 Å². The highest BCUT2D eigenvalue weighted by atomic mass is 16.5. The van der Waals surface area contributed by atoms with E-state index in [0.717, 1.165) is 54.1 Å². The minimum atomic E-state index is -0.279. The first-order valence-electron chi connectivity index (χ1n) is 16.7. The zero-order valence-electron chi connectivity index (χ0n) is 29.4. The minimum absolute atomic E-state index is 0.115. The third-order valence-electron chi connectivity index (χ3n) is 7.32. The average molecular weight is 662 g/mol. The van der Waals surface area contributed by atoms with Gasteiger partial charge >= 0.3 is 6.03 Å². The summed E-state index contributed by atoms with van der Waals surface area (Å²) in [5.74, 6) is 2.07. The second kappa shape index (κ2) is 17.7. The van der Waals surface area contributed by atoms with Gasteiger partial charge in [-0.05, 0) is 88.2 Å². The average Bonchev–Trinajstić information content (AvgIpc) is 3.85. The number of nitrogens with two attached hydrogens (primary N) is 3. The molecule has 10 N–H and O–H groups in total. The first kappa shape index (κ1) is 38.0. The number of urea groups is 1. The summed E-state index contributed by atoms with van der Waals surface area (Å²) in [7, 11) is 0. The van der Waals surface area contributed by atoms with E-state index < -0.39 is 0 Å². The van der Waals surface area contributed by atoms with Gasteiger partial charge in [0.1, 0.15) is 11.6 Å². The number of benzene rings is 2. The largest absolute Gasteiger partial charge is 0.491 e. The van der Waals surface area contributed by atoms with Gasteiger partial charge in [-0.2, -0.15) is 0 Å². The van der Waals surface area contributed by atoms with Crippen molar-refractivity contribution in [3.63, 3.8) is 0 Å². The summed E-state index contributed by atoms with van der Waals surface area (Å²) in [6.45, 7) is 15.3. The molecule has 2 amide bonds.